The first-order chi connectivity index (χ1) is 15.5. The van der Waals surface area contributed by atoms with Gasteiger partial charge >= 0.3 is 0 Å². The number of carbonyl (C=O) groups excluding carboxylic acids is 1. The van der Waals surface area contributed by atoms with Gasteiger partial charge in [0.15, 0.2) is 5.78 Å². The molecule has 0 radical (unpaired) electrons. The molecule has 1 fully saturated rings. The molecule has 0 aromatic heterocycles. The molecule has 1 saturated heterocycles. The second-order valence-electron chi connectivity index (χ2n) is 8.43. The second kappa shape index (κ2) is 10.4. The van der Waals surface area contributed by atoms with Crippen molar-refractivity contribution in [2.75, 3.05) is 13.1 Å². The molecule has 166 valence electrons. The Bertz CT molecular complexity index is 1020. The van der Waals surface area contributed by atoms with Gasteiger partial charge in [0.2, 0.25) is 0 Å². The number of aliphatic hydroxyl groups excluding tert-OH is 1. The van der Waals surface area contributed by atoms with Crippen LogP contribution in [0.1, 0.15) is 40.4 Å². The van der Waals surface area contributed by atoms with Gasteiger partial charge in [0.05, 0.1) is 6.10 Å². The average Bonchev–Trinajstić information content (AvgIpc) is 2.83. The third-order valence-corrected chi connectivity index (χ3v) is 6.61. The van der Waals surface area contributed by atoms with Crippen molar-refractivity contribution in [3.8, 4) is 0 Å². The van der Waals surface area contributed by atoms with Gasteiger partial charge in [-0.1, -0.05) is 54.1 Å². The van der Waals surface area contributed by atoms with E-state index in [4.69, 9.17) is 11.6 Å². The van der Waals surface area contributed by atoms with Gasteiger partial charge in [0.1, 0.15) is 5.82 Å². The van der Waals surface area contributed by atoms with Crippen molar-refractivity contribution < 1.29 is 14.3 Å². The zero-order valence-electron chi connectivity index (χ0n) is 17.8. The number of Topliss-reactive ketones (excluding diaryl/α,β-unsaturated/α-hetero) is 1. The number of carbonyl (C=O) groups is 1. The minimum absolute atomic E-state index is 0.0345. The third kappa shape index (κ3) is 5.44. The summed E-state index contributed by atoms with van der Waals surface area (Å²) in [6, 6.07) is 23.0. The molecule has 1 heterocycles. The highest BCUT2D eigenvalue weighted by molar-refractivity contribution is 6.30. The van der Waals surface area contributed by atoms with Gasteiger partial charge in [-0.05, 0) is 79.9 Å². The molecule has 5 heteroatoms. The summed E-state index contributed by atoms with van der Waals surface area (Å²) in [5, 5.41) is 11.8. The lowest BCUT2D eigenvalue weighted by Gasteiger charge is -2.39. The molecule has 0 amide bonds. The Balaban J connectivity index is 1.48. The van der Waals surface area contributed by atoms with Crippen LogP contribution in [0.15, 0.2) is 78.9 Å². The van der Waals surface area contributed by atoms with Crippen LogP contribution >= 0.6 is 11.6 Å². The number of hydrogen-bond donors (Lipinski definition) is 1. The molecule has 4 rings (SSSR count). The predicted octanol–water partition coefficient (Wildman–Crippen LogP) is 5.72. The average molecular weight is 452 g/mol. The fraction of sp³-hybridized carbons (Fsp3) is 0.296. The number of nitrogens with zero attached hydrogens (tertiary/aromatic N) is 1. The lowest BCUT2D eigenvalue weighted by atomic mass is 9.86. The lowest BCUT2D eigenvalue weighted by Crippen LogP contribution is -2.46. The van der Waals surface area contributed by atoms with Gasteiger partial charge in [0.25, 0.3) is 0 Å². The number of halogens is 2. The topological polar surface area (TPSA) is 40.5 Å². The third-order valence-electron chi connectivity index (χ3n) is 6.36. The van der Waals surface area contributed by atoms with E-state index in [9.17, 15) is 14.3 Å². The second-order valence-corrected chi connectivity index (χ2v) is 8.87. The number of piperidine rings is 1. The van der Waals surface area contributed by atoms with E-state index >= 15 is 0 Å². The highest BCUT2D eigenvalue weighted by atomic mass is 35.5. The quantitative estimate of drug-likeness (QED) is 0.467. The molecule has 32 heavy (non-hydrogen) atoms. The standard InChI is InChI=1S/C27H27ClFNO2/c28-23-10-6-20(7-11-23)26(31)22-14-16-30(17-15-22)25(18-19-4-2-1-3-5-19)27(32)21-8-12-24(29)13-9-21/h1-13,22,25,27,32H,14-18H2. The minimum atomic E-state index is -0.751. The van der Waals surface area contributed by atoms with Crippen LogP contribution in [-0.2, 0) is 6.42 Å². The van der Waals surface area contributed by atoms with Crippen LogP contribution in [0.4, 0.5) is 4.39 Å². The number of aliphatic hydroxyl groups is 1. The Morgan fingerprint density at radius 3 is 2.22 bits per heavy atom. The van der Waals surface area contributed by atoms with Crippen molar-refractivity contribution in [3.63, 3.8) is 0 Å². The largest absolute Gasteiger partial charge is 0.387 e. The van der Waals surface area contributed by atoms with E-state index in [0.29, 0.717) is 22.6 Å². The molecule has 0 spiro atoms. The first-order valence-electron chi connectivity index (χ1n) is 11.0. The van der Waals surface area contributed by atoms with Crippen LogP contribution in [0.2, 0.25) is 5.02 Å². The van der Waals surface area contributed by atoms with E-state index in [-0.39, 0.29) is 23.6 Å². The zero-order chi connectivity index (χ0) is 22.5. The highest BCUT2D eigenvalue weighted by Gasteiger charge is 2.33. The van der Waals surface area contributed by atoms with Crippen molar-refractivity contribution >= 4 is 17.4 Å². The number of ketones is 1. The Labute approximate surface area is 193 Å². The molecule has 1 aliphatic heterocycles. The van der Waals surface area contributed by atoms with Gasteiger partial charge in [-0.3, -0.25) is 9.69 Å². The van der Waals surface area contributed by atoms with Crippen LogP contribution < -0.4 is 0 Å². The maximum atomic E-state index is 13.4. The molecule has 1 aliphatic rings. The maximum Gasteiger partial charge on any atom is 0.166 e. The molecule has 3 nitrogen and oxygen atoms in total. The number of rotatable bonds is 7. The van der Waals surface area contributed by atoms with E-state index in [1.165, 1.54) is 12.1 Å². The molecule has 0 saturated carbocycles. The van der Waals surface area contributed by atoms with Crippen LogP contribution in [-0.4, -0.2) is 34.9 Å². The van der Waals surface area contributed by atoms with E-state index in [1.807, 2.05) is 18.2 Å². The SMILES string of the molecule is O=C(c1ccc(Cl)cc1)C1CCN(C(Cc2ccccc2)C(O)c2ccc(F)cc2)CC1. The molecule has 3 aromatic carbocycles. The summed E-state index contributed by atoms with van der Waals surface area (Å²) < 4.78 is 13.4. The predicted molar refractivity (Wildman–Crippen MR) is 125 cm³/mol. The molecule has 1 N–H and O–H groups in total. The lowest BCUT2D eigenvalue weighted by molar-refractivity contribution is 0.0277. The summed E-state index contributed by atoms with van der Waals surface area (Å²) in [4.78, 5) is 15.2. The number of hydrogen-bond acceptors (Lipinski definition) is 3. The van der Waals surface area contributed by atoms with E-state index < -0.39 is 6.10 Å². The minimum Gasteiger partial charge on any atom is -0.387 e. The summed E-state index contributed by atoms with van der Waals surface area (Å²) in [5.41, 5.74) is 2.53. The maximum absolute atomic E-state index is 13.4. The smallest absolute Gasteiger partial charge is 0.166 e. The molecule has 2 atom stereocenters. The van der Waals surface area contributed by atoms with E-state index in [2.05, 4.69) is 17.0 Å². The Kier molecular flexibility index (Phi) is 7.36. The molecule has 3 aromatic rings. The van der Waals surface area contributed by atoms with Crippen LogP contribution in [0.3, 0.4) is 0 Å². The molecule has 0 bridgehead atoms. The van der Waals surface area contributed by atoms with Gasteiger partial charge in [-0.15, -0.1) is 0 Å². The van der Waals surface area contributed by atoms with Gasteiger partial charge in [-0.25, -0.2) is 4.39 Å². The van der Waals surface area contributed by atoms with Gasteiger partial charge in [0, 0.05) is 22.5 Å². The summed E-state index contributed by atoms with van der Waals surface area (Å²) in [6.07, 6.45) is 1.40. The van der Waals surface area contributed by atoms with Crippen molar-refractivity contribution in [2.24, 2.45) is 5.92 Å². The highest BCUT2D eigenvalue weighted by Crippen LogP contribution is 2.30. The summed E-state index contributed by atoms with van der Waals surface area (Å²) >= 11 is 5.95. The Morgan fingerprint density at radius 2 is 1.59 bits per heavy atom. The molecular weight excluding hydrogens is 425 g/mol. The van der Waals surface area contributed by atoms with Crippen molar-refractivity contribution in [3.05, 3.63) is 106 Å². The first-order valence-corrected chi connectivity index (χ1v) is 11.4. The molecule has 2 unspecified atom stereocenters. The fourth-order valence-corrected chi connectivity index (χ4v) is 4.65. The van der Waals surface area contributed by atoms with Gasteiger partial charge < -0.3 is 5.11 Å². The van der Waals surface area contributed by atoms with Crippen molar-refractivity contribution in [2.45, 2.75) is 31.4 Å². The first kappa shape index (κ1) is 22.7. The Morgan fingerprint density at radius 1 is 0.969 bits per heavy atom. The summed E-state index contributed by atoms with van der Waals surface area (Å²) in [5.74, 6) is -0.199. The zero-order valence-corrected chi connectivity index (χ0v) is 18.6. The van der Waals surface area contributed by atoms with Crippen molar-refractivity contribution in [1.82, 2.24) is 4.90 Å². The number of likely N-dealkylation sites (tertiary alicyclic amines) is 1. The van der Waals surface area contributed by atoms with Crippen molar-refractivity contribution in [1.29, 1.82) is 0 Å². The van der Waals surface area contributed by atoms with E-state index in [0.717, 1.165) is 31.5 Å². The summed E-state index contributed by atoms with van der Waals surface area (Å²) in [6.45, 7) is 1.44. The summed E-state index contributed by atoms with van der Waals surface area (Å²) in [7, 11) is 0. The van der Waals surface area contributed by atoms with Crippen LogP contribution in [0.25, 0.3) is 0 Å². The monoisotopic (exact) mass is 451 g/mol. The molecular formula is C27H27ClFNO2. The molecule has 0 aliphatic carbocycles. The van der Waals surface area contributed by atoms with Gasteiger partial charge in [-0.2, -0.15) is 0 Å². The Hall–Kier alpha value is -2.53. The fourth-order valence-electron chi connectivity index (χ4n) is 4.52. The normalized spacial score (nSPS) is 17.1. The van der Waals surface area contributed by atoms with Crippen LogP contribution in [0.5, 0.6) is 0 Å². The number of benzene rings is 3. The van der Waals surface area contributed by atoms with E-state index in [1.54, 1.807) is 36.4 Å². The van der Waals surface area contributed by atoms with Crippen LogP contribution in [0, 0.1) is 11.7 Å².